The number of hydrogen-bond acceptors (Lipinski definition) is 5. The summed E-state index contributed by atoms with van der Waals surface area (Å²) in [5.41, 5.74) is 2.32. The summed E-state index contributed by atoms with van der Waals surface area (Å²) in [6, 6.07) is 3.11. The average molecular weight is 395 g/mol. The summed E-state index contributed by atoms with van der Waals surface area (Å²) in [5.74, 6) is 0.364. The molecule has 9 heteroatoms. The van der Waals surface area contributed by atoms with Crippen LogP contribution in [0.2, 0.25) is 5.02 Å². The molecule has 0 unspecified atom stereocenters. The number of nitrogens with one attached hydrogen (secondary N) is 1. The Kier molecular flexibility index (Phi) is 4.48. The molecular weight excluding hydrogens is 376 g/mol. The van der Waals surface area contributed by atoms with Gasteiger partial charge in [0.15, 0.2) is 15.5 Å². The van der Waals surface area contributed by atoms with Gasteiger partial charge >= 0.3 is 0 Å². The summed E-state index contributed by atoms with van der Waals surface area (Å²) >= 11 is 5.82. The summed E-state index contributed by atoms with van der Waals surface area (Å²) in [5, 5.41) is 7.78. The summed E-state index contributed by atoms with van der Waals surface area (Å²) in [6.45, 7) is 0. The summed E-state index contributed by atoms with van der Waals surface area (Å²) < 4.78 is 25.5. The Balaban J connectivity index is 1.65. The maximum Gasteiger partial charge on any atom is 0.277 e. The fraction of sp³-hybridized carbons (Fsp3) is 0.471. The molecule has 26 heavy (non-hydrogen) atoms. The molecule has 138 valence electrons. The number of nitrogens with zero attached hydrogens (tertiary/aromatic N) is 3. The largest absolute Gasteiger partial charge is 0.305 e. The first-order valence-corrected chi connectivity index (χ1v) is 10.9. The normalized spacial score (nSPS) is 21.3. The van der Waals surface area contributed by atoms with E-state index in [1.807, 2.05) is 0 Å². The second-order valence-corrected chi connectivity index (χ2v) is 9.46. The van der Waals surface area contributed by atoms with Gasteiger partial charge in [-0.3, -0.25) is 9.48 Å². The maximum absolute atomic E-state index is 12.7. The molecule has 4 rings (SSSR count). The molecule has 1 aliphatic heterocycles. The lowest BCUT2D eigenvalue weighted by atomic mass is 9.95. The summed E-state index contributed by atoms with van der Waals surface area (Å²) in [6.07, 6.45) is 5.65. The van der Waals surface area contributed by atoms with E-state index < -0.39 is 9.84 Å². The second kappa shape index (κ2) is 6.66. The van der Waals surface area contributed by atoms with Crippen LogP contribution in [0.4, 0.5) is 5.82 Å². The van der Waals surface area contributed by atoms with Crippen LogP contribution in [-0.2, 0) is 22.7 Å². The van der Waals surface area contributed by atoms with Crippen molar-refractivity contribution in [2.75, 3.05) is 16.8 Å². The molecule has 2 aromatic rings. The number of halogens is 1. The van der Waals surface area contributed by atoms with Gasteiger partial charge in [0.05, 0.1) is 22.6 Å². The van der Waals surface area contributed by atoms with Crippen molar-refractivity contribution in [2.24, 2.45) is 0 Å². The molecule has 1 fully saturated rings. The van der Waals surface area contributed by atoms with Gasteiger partial charge in [0.25, 0.3) is 5.91 Å². The minimum Gasteiger partial charge on any atom is -0.305 e. The van der Waals surface area contributed by atoms with Crippen molar-refractivity contribution in [2.45, 2.75) is 38.1 Å². The van der Waals surface area contributed by atoms with E-state index in [1.54, 1.807) is 16.8 Å². The van der Waals surface area contributed by atoms with Crippen molar-refractivity contribution in [3.8, 4) is 0 Å². The van der Waals surface area contributed by atoms with Gasteiger partial charge in [0.2, 0.25) is 0 Å². The van der Waals surface area contributed by atoms with Crippen LogP contribution in [0.25, 0.3) is 0 Å². The average Bonchev–Trinajstić information content (AvgIpc) is 3.17. The van der Waals surface area contributed by atoms with Crippen LogP contribution in [0.15, 0.2) is 18.3 Å². The first kappa shape index (κ1) is 17.5. The molecule has 0 radical (unpaired) electrons. The number of rotatable bonds is 3. The smallest absolute Gasteiger partial charge is 0.277 e. The molecule has 0 aromatic carbocycles. The molecule has 0 saturated carbocycles. The lowest BCUT2D eigenvalue weighted by molar-refractivity contribution is 0.102. The summed E-state index contributed by atoms with van der Waals surface area (Å²) in [7, 11) is -3.02. The number of pyridine rings is 1. The van der Waals surface area contributed by atoms with Crippen LogP contribution < -0.4 is 5.32 Å². The zero-order chi connectivity index (χ0) is 18.3. The van der Waals surface area contributed by atoms with Gasteiger partial charge < -0.3 is 5.32 Å². The van der Waals surface area contributed by atoms with E-state index in [9.17, 15) is 13.2 Å². The topological polar surface area (TPSA) is 93.9 Å². The second-order valence-electron chi connectivity index (χ2n) is 6.80. The number of anilines is 1. The molecule has 2 aromatic heterocycles. The molecule has 0 spiro atoms. The monoisotopic (exact) mass is 394 g/mol. The van der Waals surface area contributed by atoms with Crippen LogP contribution in [0.3, 0.4) is 0 Å². The molecule has 3 heterocycles. The number of carbonyl (C=O) groups excluding carboxylic acids is 1. The van der Waals surface area contributed by atoms with Gasteiger partial charge in [0.1, 0.15) is 5.82 Å². The molecule has 1 N–H and O–H groups in total. The van der Waals surface area contributed by atoms with Crippen LogP contribution in [0.1, 0.15) is 47.1 Å². The standard InChI is InChI=1S/C17H19ClN4O3S/c18-11-5-6-15(19-9-11)20-17(23)16-13-3-1-2-4-14(13)22(21-16)12-7-8-26(24,25)10-12/h5-6,9,12H,1-4,7-8,10H2,(H,19,20,23)/t12-/m1/s1. The van der Waals surface area contributed by atoms with Crippen LogP contribution in [0, 0.1) is 0 Å². The lowest BCUT2D eigenvalue weighted by Crippen LogP contribution is -2.17. The Morgan fingerprint density at radius 3 is 2.77 bits per heavy atom. The Labute approximate surface area is 156 Å². The Hall–Kier alpha value is -1.93. The molecular formula is C17H19ClN4O3S. The highest BCUT2D eigenvalue weighted by atomic mass is 35.5. The third-order valence-electron chi connectivity index (χ3n) is 4.95. The van der Waals surface area contributed by atoms with E-state index >= 15 is 0 Å². The van der Waals surface area contributed by atoms with E-state index in [4.69, 9.17) is 11.6 Å². The van der Waals surface area contributed by atoms with Gasteiger partial charge in [-0.15, -0.1) is 0 Å². The van der Waals surface area contributed by atoms with Crippen molar-refractivity contribution >= 4 is 33.2 Å². The zero-order valence-electron chi connectivity index (χ0n) is 14.1. The predicted octanol–water partition coefficient (Wildman–Crippen LogP) is 2.42. The van der Waals surface area contributed by atoms with E-state index in [2.05, 4.69) is 15.4 Å². The molecule has 2 aliphatic rings. The van der Waals surface area contributed by atoms with Crippen LogP contribution in [0.5, 0.6) is 0 Å². The lowest BCUT2D eigenvalue weighted by Gasteiger charge is -2.17. The Morgan fingerprint density at radius 1 is 1.27 bits per heavy atom. The predicted molar refractivity (Wildman–Crippen MR) is 98.4 cm³/mol. The molecule has 1 saturated heterocycles. The first-order valence-electron chi connectivity index (χ1n) is 8.66. The van der Waals surface area contributed by atoms with Crippen LogP contribution >= 0.6 is 11.6 Å². The fourth-order valence-electron chi connectivity index (χ4n) is 3.70. The van der Waals surface area contributed by atoms with Gasteiger partial charge in [-0.1, -0.05) is 11.6 Å². The SMILES string of the molecule is O=C(Nc1ccc(Cl)cn1)c1nn([C@@H]2CCS(=O)(=O)C2)c2c1CCCC2. The quantitative estimate of drug-likeness (QED) is 0.862. The number of carbonyl (C=O) groups is 1. The minimum absolute atomic E-state index is 0.0981. The highest BCUT2D eigenvalue weighted by Crippen LogP contribution is 2.31. The fourth-order valence-corrected chi connectivity index (χ4v) is 5.51. The Morgan fingerprint density at radius 2 is 2.08 bits per heavy atom. The molecule has 1 aliphatic carbocycles. The number of sulfone groups is 1. The minimum atomic E-state index is -3.02. The number of fused-ring (bicyclic) bond motifs is 1. The number of hydrogen-bond donors (Lipinski definition) is 1. The highest BCUT2D eigenvalue weighted by Gasteiger charge is 2.34. The van der Waals surface area contributed by atoms with Crippen molar-refractivity contribution in [1.82, 2.24) is 14.8 Å². The van der Waals surface area contributed by atoms with Gasteiger partial charge in [-0.25, -0.2) is 13.4 Å². The van der Waals surface area contributed by atoms with E-state index in [0.717, 1.165) is 36.9 Å². The van der Waals surface area contributed by atoms with Crippen molar-refractivity contribution in [3.05, 3.63) is 40.3 Å². The molecule has 0 bridgehead atoms. The van der Waals surface area contributed by atoms with Crippen molar-refractivity contribution < 1.29 is 13.2 Å². The zero-order valence-corrected chi connectivity index (χ0v) is 15.7. The third-order valence-corrected chi connectivity index (χ3v) is 6.92. The molecule has 7 nitrogen and oxygen atoms in total. The maximum atomic E-state index is 12.7. The third kappa shape index (κ3) is 3.35. The van der Waals surface area contributed by atoms with Crippen molar-refractivity contribution in [1.29, 1.82) is 0 Å². The van der Waals surface area contributed by atoms with E-state index in [1.165, 1.54) is 6.20 Å². The molecule has 1 amide bonds. The Bertz CT molecular complexity index is 953. The van der Waals surface area contributed by atoms with Gasteiger partial charge in [-0.2, -0.15) is 5.10 Å². The number of amides is 1. The van der Waals surface area contributed by atoms with Gasteiger partial charge in [-0.05, 0) is 44.2 Å². The number of aromatic nitrogens is 3. The van der Waals surface area contributed by atoms with Gasteiger partial charge in [0, 0.05) is 17.5 Å². The summed E-state index contributed by atoms with van der Waals surface area (Å²) in [4.78, 5) is 16.8. The van der Waals surface area contributed by atoms with E-state index in [-0.39, 0.29) is 23.5 Å². The molecule has 1 atom stereocenters. The van der Waals surface area contributed by atoms with E-state index in [0.29, 0.717) is 23.0 Å². The van der Waals surface area contributed by atoms with Crippen molar-refractivity contribution in [3.63, 3.8) is 0 Å². The first-order chi connectivity index (χ1) is 12.4. The van der Waals surface area contributed by atoms with Crippen LogP contribution in [-0.4, -0.2) is 40.6 Å². The highest BCUT2D eigenvalue weighted by molar-refractivity contribution is 7.91.